The van der Waals surface area contributed by atoms with Gasteiger partial charge in [0, 0.05) is 26.2 Å². The Morgan fingerprint density at radius 2 is 1.76 bits per heavy atom. The summed E-state index contributed by atoms with van der Waals surface area (Å²) < 4.78 is 30.3. The predicted octanol–water partition coefficient (Wildman–Crippen LogP) is 2.86. The maximum absolute atomic E-state index is 13.8. The van der Waals surface area contributed by atoms with E-state index >= 15 is 0 Å². The van der Waals surface area contributed by atoms with Gasteiger partial charge in [-0.2, -0.15) is 0 Å². The molecule has 2 aromatic carbocycles. The number of hydrogen-bond acceptors (Lipinski definition) is 6. The molecule has 2 saturated heterocycles. The topological polar surface area (TPSA) is 71.5 Å². The van der Waals surface area contributed by atoms with Crippen molar-refractivity contribution in [2.75, 3.05) is 52.6 Å². The third kappa shape index (κ3) is 6.91. The van der Waals surface area contributed by atoms with Crippen molar-refractivity contribution in [3.8, 4) is 11.5 Å². The average molecular weight is 473 g/mol. The summed E-state index contributed by atoms with van der Waals surface area (Å²) in [7, 11) is 0. The first kappa shape index (κ1) is 24.4. The number of para-hydroxylation sites is 1. The minimum absolute atomic E-state index is 0.0246. The monoisotopic (exact) mass is 472 g/mol. The standard InChI is InChI=1S/C26H33FN2O5/c27-23-4-1-2-5-24(23)34-20-26(31)10-3-12-28(13-11-26)18-21-6-8-22(9-7-21)33-19-25(30)29-14-16-32-17-15-29/h1-2,4-9,31H,3,10-20H2/t26-/m0/s1. The number of carbonyl (C=O) groups is 1. The van der Waals surface area contributed by atoms with Crippen LogP contribution in [0.5, 0.6) is 11.5 Å². The van der Waals surface area contributed by atoms with Gasteiger partial charge in [0.1, 0.15) is 12.4 Å². The van der Waals surface area contributed by atoms with Crippen LogP contribution in [0.1, 0.15) is 24.8 Å². The van der Waals surface area contributed by atoms with E-state index in [4.69, 9.17) is 14.2 Å². The van der Waals surface area contributed by atoms with E-state index < -0.39 is 11.4 Å². The molecule has 34 heavy (non-hydrogen) atoms. The highest BCUT2D eigenvalue weighted by Crippen LogP contribution is 2.26. The van der Waals surface area contributed by atoms with Gasteiger partial charge in [-0.15, -0.1) is 0 Å². The zero-order valence-electron chi connectivity index (χ0n) is 19.5. The summed E-state index contributed by atoms with van der Waals surface area (Å²) >= 11 is 0. The van der Waals surface area contributed by atoms with Gasteiger partial charge in [0.25, 0.3) is 5.91 Å². The van der Waals surface area contributed by atoms with Gasteiger partial charge in [-0.05, 0) is 55.6 Å². The molecule has 0 aromatic heterocycles. The van der Waals surface area contributed by atoms with Crippen molar-refractivity contribution >= 4 is 5.91 Å². The normalized spacial score (nSPS) is 21.6. The molecule has 0 spiro atoms. The molecule has 8 heteroatoms. The zero-order valence-corrected chi connectivity index (χ0v) is 19.5. The Bertz CT molecular complexity index is 935. The van der Waals surface area contributed by atoms with Crippen molar-refractivity contribution < 1.29 is 28.5 Å². The number of nitrogens with zero attached hydrogens (tertiary/aromatic N) is 2. The van der Waals surface area contributed by atoms with Gasteiger partial charge in [-0.25, -0.2) is 4.39 Å². The first-order valence-electron chi connectivity index (χ1n) is 11.9. The molecule has 2 aliphatic heterocycles. The van der Waals surface area contributed by atoms with E-state index in [0.29, 0.717) is 44.9 Å². The molecule has 1 atom stereocenters. The van der Waals surface area contributed by atoms with Crippen molar-refractivity contribution in [3.05, 3.63) is 59.9 Å². The van der Waals surface area contributed by atoms with Crippen LogP contribution in [0.3, 0.4) is 0 Å². The number of carbonyl (C=O) groups excluding carboxylic acids is 1. The molecule has 1 amide bonds. The zero-order chi connectivity index (χ0) is 23.8. The first-order chi connectivity index (χ1) is 16.5. The highest BCUT2D eigenvalue weighted by Gasteiger charge is 2.31. The van der Waals surface area contributed by atoms with Crippen molar-refractivity contribution in [2.45, 2.75) is 31.4 Å². The van der Waals surface area contributed by atoms with Crippen LogP contribution in [0.2, 0.25) is 0 Å². The Balaban J connectivity index is 1.22. The summed E-state index contributed by atoms with van der Waals surface area (Å²) in [6.07, 6.45) is 2.01. The van der Waals surface area contributed by atoms with Gasteiger partial charge >= 0.3 is 0 Å². The fourth-order valence-electron chi connectivity index (χ4n) is 4.31. The second kappa shape index (κ2) is 11.6. The average Bonchev–Trinajstić information content (AvgIpc) is 3.05. The Kier molecular flexibility index (Phi) is 8.37. The van der Waals surface area contributed by atoms with Crippen molar-refractivity contribution in [3.63, 3.8) is 0 Å². The third-order valence-electron chi connectivity index (χ3n) is 6.40. The smallest absolute Gasteiger partial charge is 0.260 e. The molecule has 2 aromatic rings. The number of hydrogen-bond donors (Lipinski definition) is 1. The largest absolute Gasteiger partial charge is 0.488 e. The molecule has 0 saturated carbocycles. The SMILES string of the molecule is O=C(COc1ccc(CN2CCC[C@@](O)(COc3ccccc3F)CC2)cc1)N1CCOCC1. The minimum atomic E-state index is -0.970. The highest BCUT2D eigenvalue weighted by molar-refractivity contribution is 5.77. The van der Waals surface area contributed by atoms with E-state index in [2.05, 4.69) is 4.90 Å². The van der Waals surface area contributed by atoms with Gasteiger partial charge in [-0.3, -0.25) is 9.69 Å². The number of ether oxygens (including phenoxy) is 3. The van der Waals surface area contributed by atoms with Gasteiger partial charge in [-0.1, -0.05) is 24.3 Å². The van der Waals surface area contributed by atoms with E-state index in [9.17, 15) is 14.3 Å². The summed E-state index contributed by atoms with van der Waals surface area (Å²) in [5, 5.41) is 11.0. The lowest BCUT2D eigenvalue weighted by Crippen LogP contribution is -2.42. The van der Waals surface area contributed by atoms with E-state index in [1.165, 1.54) is 6.07 Å². The highest BCUT2D eigenvalue weighted by atomic mass is 19.1. The molecular formula is C26H33FN2O5. The van der Waals surface area contributed by atoms with E-state index in [1.807, 2.05) is 24.3 Å². The summed E-state index contributed by atoms with van der Waals surface area (Å²) in [5.74, 6) is 0.398. The van der Waals surface area contributed by atoms with E-state index in [0.717, 1.165) is 31.6 Å². The van der Waals surface area contributed by atoms with Gasteiger partial charge in [0.05, 0.1) is 18.8 Å². The lowest BCUT2D eigenvalue weighted by Gasteiger charge is -2.27. The lowest BCUT2D eigenvalue weighted by molar-refractivity contribution is -0.137. The van der Waals surface area contributed by atoms with E-state index in [-0.39, 0.29) is 24.9 Å². The van der Waals surface area contributed by atoms with Crippen molar-refractivity contribution in [2.24, 2.45) is 0 Å². The van der Waals surface area contributed by atoms with Crippen molar-refractivity contribution in [1.82, 2.24) is 9.80 Å². The number of likely N-dealkylation sites (tertiary alicyclic amines) is 1. The molecule has 0 bridgehead atoms. The maximum Gasteiger partial charge on any atom is 0.260 e. The second-order valence-electron chi connectivity index (χ2n) is 9.00. The molecule has 2 fully saturated rings. The van der Waals surface area contributed by atoms with Gasteiger partial charge < -0.3 is 24.2 Å². The van der Waals surface area contributed by atoms with Gasteiger partial charge in [0.15, 0.2) is 18.2 Å². The molecule has 0 aliphatic carbocycles. The maximum atomic E-state index is 13.8. The molecule has 0 unspecified atom stereocenters. The fraction of sp³-hybridized carbons (Fsp3) is 0.500. The van der Waals surface area contributed by atoms with Crippen LogP contribution in [0.15, 0.2) is 48.5 Å². The quantitative estimate of drug-likeness (QED) is 0.637. The number of morpholine rings is 1. The number of halogens is 1. The van der Waals surface area contributed by atoms with E-state index in [1.54, 1.807) is 23.1 Å². The Hall–Kier alpha value is -2.68. The van der Waals surface area contributed by atoms with Crippen LogP contribution in [0.25, 0.3) is 0 Å². The molecule has 184 valence electrons. The fourth-order valence-corrected chi connectivity index (χ4v) is 4.31. The summed E-state index contributed by atoms with van der Waals surface area (Å²) in [6, 6.07) is 14.1. The summed E-state index contributed by atoms with van der Waals surface area (Å²) in [4.78, 5) is 16.3. The van der Waals surface area contributed by atoms with Crippen LogP contribution in [-0.2, 0) is 16.1 Å². The van der Waals surface area contributed by atoms with Gasteiger partial charge in [0.2, 0.25) is 0 Å². The van der Waals surface area contributed by atoms with Crippen LogP contribution in [0, 0.1) is 5.82 Å². The number of aliphatic hydroxyl groups is 1. The van der Waals surface area contributed by atoms with Crippen LogP contribution >= 0.6 is 0 Å². The summed E-state index contributed by atoms with van der Waals surface area (Å²) in [5.41, 5.74) is 0.168. The number of rotatable bonds is 8. The lowest BCUT2D eigenvalue weighted by atomic mass is 9.96. The molecule has 1 N–H and O–H groups in total. The molecule has 2 heterocycles. The summed E-state index contributed by atoms with van der Waals surface area (Å²) in [6.45, 7) is 4.84. The second-order valence-corrected chi connectivity index (χ2v) is 9.00. The first-order valence-corrected chi connectivity index (χ1v) is 11.9. The number of amides is 1. The van der Waals surface area contributed by atoms with Crippen LogP contribution < -0.4 is 9.47 Å². The molecule has 7 nitrogen and oxygen atoms in total. The Morgan fingerprint density at radius 3 is 2.53 bits per heavy atom. The van der Waals surface area contributed by atoms with Crippen LogP contribution in [0.4, 0.5) is 4.39 Å². The number of benzene rings is 2. The Labute approximate surface area is 200 Å². The third-order valence-corrected chi connectivity index (χ3v) is 6.40. The molecule has 2 aliphatic rings. The minimum Gasteiger partial charge on any atom is -0.488 e. The van der Waals surface area contributed by atoms with Crippen molar-refractivity contribution in [1.29, 1.82) is 0 Å². The molecular weight excluding hydrogens is 439 g/mol. The molecule has 0 radical (unpaired) electrons. The van der Waals surface area contributed by atoms with Crippen LogP contribution in [-0.4, -0.2) is 79.0 Å². The Morgan fingerprint density at radius 1 is 1.00 bits per heavy atom. The molecule has 4 rings (SSSR count). The predicted molar refractivity (Wildman–Crippen MR) is 125 cm³/mol.